The van der Waals surface area contributed by atoms with Gasteiger partial charge in [-0.15, -0.1) is 0 Å². The fourth-order valence-corrected chi connectivity index (χ4v) is 3.47. The Morgan fingerprint density at radius 2 is 1.78 bits per heavy atom. The monoisotopic (exact) mass is 387 g/mol. The van der Waals surface area contributed by atoms with Crippen molar-refractivity contribution < 1.29 is 24.2 Å². The molecule has 2 unspecified atom stereocenters. The van der Waals surface area contributed by atoms with Crippen molar-refractivity contribution in [1.82, 2.24) is 0 Å². The zero-order valence-corrected chi connectivity index (χ0v) is 16.1. The van der Waals surface area contributed by atoms with Crippen LogP contribution in [0.25, 0.3) is 0 Å². The number of aromatic carboxylic acids is 1. The Labute approximate surface area is 161 Å². The van der Waals surface area contributed by atoms with Crippen LogP contribution in [-0.4, -0.2) is 34.5 Å². The molecule has 0 aliphatic carbocycles. The highest BCUT2D eigenvalue weighted by molar-refractivity contribution is 8.14. The van der Waals surface area contributed by atoms with Gasteiger partial charge in [0.15, 0.2) is 5.12 Å². The van der Waals surface area contributed by atoms with Gasteiger partial charge in [0.05, 0.1) is 17.9 Å². The number of hydrogen-bond acceptors (Lipinski definition) is 5. The molecule has 27 heavy (non-hydrogen) atoms. The summed E-state index contributed by atoms with van der Waals surface area (Å²) in [4.78, 5) is 35.6. The molecule has 2 aromatic rings. The predicted molar refractivity (Wildman–Crippen MR) is 106 cm³/mol. The first-order valence-electron chi connectivity index (χ1n) is 8.27. The van der Waals surface area contributed by atoms with Crippen molar-refractivity contribution >= 4 is 34.4 Å². The van der Waals surface area contributed by atoms with E-state index in [4.69, 9.17) is 9.84 Å². The lowest BCUT2D eigenvalue weighted by atomic mass is 9.96. The van der Waals surface area contributed by atoms with Crippen molar-refractivity contribution in [2.75, 3.05) is 12.4 Å². The van der Waals surface area contributed by atoms with Crippen LogP contribution in [0.2, 0.25) is 0 Å². The first-order chi connectivity index (χ1) is 12.8. The quantitative estimate of drug-likeness (QED) is 0.751. The molecule has 0 aliphatic heterocycles. The average Bonchev–Trinajstić information content (AvgIpc) is 2.65. The van der Waals surface area contributed by atoms with Gasteiger partial charge in [0.1, 0.15) is 5.75 Å². The molecule has 2 atom stereocenters. The number of benzene rings is 2. The Bertz CT molecular complexity index is 835. The minimum atomic E-state index is -1.08. The molecule has 2 rings (SSSR count). The van der Waals surface area contributed by atoms with E-state index in [2.05, 4.69) is 5.32 Å². The minimum absolute atomic E-state index is 0.0757. The zero-order valence-electron chi connectivity index (χ0n) is 15.3. The third kappa shape index (κ3) is 5.59. The molecule has 0 heterocycles. The largest absolute Gasteiger partial charge is 0.497 e. The summed E-state index contributed by atoms with van der Waals surface area (Å²) < 4.78 is 5.14. The number of methoxy groups -OCH3 is 1. The fourth-order valence-electron chi connectivity index (χ4n) is 2.59. The normalized spacial score (nSPS) is 12.7. The summed E-state index contributed by atoms with van der Waals surface area (Å²) in [5, 5.41) is 11.0. The van der Waals surface area contributed by atoms with Gasteiger partial charge in [-0.3, -0.25) is 9.59 Å². The molecule has 0 saturated heterocycles. The summed E-state index contributed by atoms with van der Waals surface area (Å²) >= 11 is 0.952. The number of anilines is 1. The van der Waals surface area contributed by atoms with Gasteiger partial charge in [-0.2, -0.15) is 0 Å². The van der Waals surface area contributed by atoms with Gasteiger partial charge in [-0.1, -0.05) is 36.9 Å². The highest BCUT2D eigenvalue weighted by Gasteiger charge is 2.29. The molecule has 0 radical (unpaired) electrons. The summed E-state index contributed by atoms with van der Waals surface area (Å²) in [6, 6.07) is 13.3. The molecule has 6 nitrogen and oxygen atoms in total. The van der Waals surface area contributed by atoms with Crippen molar-refractivity contribution in [1.29, 1.82) is 0 Å². The molecule has 0 bridgehead atoms. The molecule has 0 fully saturated rings. The highest BCUT2D eigenvalue weighted by Crippen LogP contribution is 2.31. The van der Waals surface area contributed by atoms with Crippen molar-refractivity contribution in [2.45, 2.75) is 25.0 Å². The van der Waals surface area contributed by atoms with Crippen LogP contribution in [0.4, 0.5) is 5.69 Å². The number of hydrogen-bond donors (Lipinski definition) is 2. The minimum Gasteiger partial charge on any atom is -0.497 e. The predicted octanol–water partition coefficient (Wildman–Crippen LogP) is 3.78. The second-order valence-corrected chi connectivity index (χ2v) is 7.29. The summed E-state index contributed by atoms with van der Waals surface area (Å²) in [7, 11) is 1.57. The SMILES string of the molecule is COc1ccc(C(C)C(SC(C)=O)C(=O)Nc2cccc(C(=O)O)c2)cc1. The van der Waals surface area contributed by atoms with E-state index in [-0.39, 0.29) is 22.5 Å². The lowest BCUT2D eigenvalue weighted by Gasteiger charge is -2.22. The van der Waals surface area contributed by atoms with Crippen molar-refractivity contribution in [3.8, 4) is 5.75 Å². The van der Waals surface area contributed by atoms with Crippen molar-refractivity contribution in [3.05, 3.63) is 59.7 Å². The van der Waals surface area contributed by atoms with E-state index in [1.54, 1.807) is 31.4 Å². The number of nitrogens with one attached hydrogen (secondary N) is 1. The van der Waals surface area contributed by atoms with E-state index < -0.39 is 11.2 Å². The maximum atomic E-state index is 12.8. The third-order valence-electron chi connectivity index (χ3n) is 4.02. The van der Waals surface area contributed by atoms with Gasteiger partial charge >= 0.3 is 5.97 Å². The van der Waals surface area contributed by atoms with Gasteiger partial charge in [0, 0.05) is 18.5 Å². The van der Waals surface area contributed by atoms with E-state index in [0.29, 0.717) is 11.4 Å². The molecule has 0 saturated carbocycles. The van der Waals surface area contributed by atoms with Crippen LogP contribution in [-0.2, 0) is 9.59 Å². The van der Waals surface area contributed by atoms with Crippen molar-refractivity contribution in [2.24, 2.45) is 0 Å². The molecule has 142 valence electrons. The highest BCUT2D eigenvalue weighted by atomic mass is 32.2. The molecule has 2 aromatic carbocycles. The lowest BCUT2D eigenvalue weighted by Crippen LogP contribution is -2.30. The van der Waals surface area contributed by atoms with Gasteiger partial charge in [0.2, 0.25) is 5.91 Å². The third-order valence-corrected chi connectivity index (χ3v) is 5.23. The Balaban J connectivity index is 2.23. The van der Waals surface area contributed by atoms with E-state index in [1.165, 1.54) is 19.1 Å². The number of amides is 1. The van der Waals surface area contributed by atoms with Gasteiger partial charge in [0.25, 0.3) is 0 Å². The summed E-state index contributed by atoms with van der Waals surface area (Å²) in [6.07, 6.45) is 0. The number of carbonyl (C=O) groups excluding carboxylic acids is 2. The summed E-state index contributed by atoms with van der Waals surface area (Å²) in [5.41, 5.74) is 1.34. The second kappa shape index (κ2) is 9.23. The van der Waals surface area contributed by atoms with Crippen LogP contribution in [0.5, 0.6) is 5.75 Å². The summed E-state index contributed by atoms with van der Waals surface area (Å²) in [6.45, 7) is 3.28. The van der Waals surface area contributed by atoms with E-state index in [0.717, 1.165) is 17.3 Å². The van der Waals surface area contributed by atoms with Crippen LogP contribution >= 0.6 is 11.8 Å². The van der Waals surface area contributed by atoms with E-state index in [1.807, 2.05) is 19.1 Å². The van der Waals surface area contributed by atoms with E-state index in [9.17, 15) is 14.4 Å². The number of carboxylic acids is 1. The molecule has 7 heteroatoms. The lowest BCUT2D eigenvalue weighted by molar-refractivity contribution is -0.116. The van der Waals surface area contributed by atoms with Crippen LogP contribution < -0.4 is 10.1 Å². The fraction of sp³-hybridized carbons (Fsp3) is 0.250. The Morgan fingerprint density at radius 1 is 1.11 bits per heavy atom. The summed E-state index contributed by atoms with van der Waals surface area (Å²) in [5.74, 6) is -0.975. The molecular formula is C20H21NO5S. The standard InChI is InChI=1S/C20H21NO5S/c1-12(14-7-9-17(26-3)10-8-14)18(27-13(2)22)19(23)21-16-6-4-5-15(11-16)20(24)25/h4-12,18H,1-3H3,(H,21,23)(H,24,25). The maximum Gasteiger partial charge on any atom is 0.335 e. The van der Waals surface area contributed by atoms with E-state index >= 15 is 0 Å². The Kier molecular flexibility index (Phi) is 7.01. The topological polar surface area (TPSA) is 92.7 Å². The molecule has 0 aliphatic rings. The number of carboxylic acid groups (broad SMARTS) is 1. The van der Waals surface area contributed by atoms with Gasteiger partial charge in [-0.05, 0) is 35.9 Å². The van der Waals surface area contributed by atoms with Crippen LogP contribution in [0, 0.1) is 0 Å². The Morgan fingerprint density at radius 3 is 2.33 bits per heavy atom. The molecule has 0 aromatic heterocycles. The molecular weight excluding hydrogens is 366 g/mol. The van der Waals surface area contributed by atoms with Gasteiger partial charge in [-0.25, -0.2) is 4.79 Å². The number of ether oxygens (including phenoxy) is 1. The molecule has 0 spiro atoms. The Hall–Kier alpha value is -2.80. The molecule has 2 N–H and O–H groups in total. The first-order valence-corrected chi connectivity index (χ1v) is 9.15. The maximum absolute atomic E-state index is 12.8. The molecule has 1 amide bonds. The van der Waals surface area contributed by atoms with Crippen molar-refractivity contribution in [3.63, 3.8) is 0 Å². The van der Waals surface area contributed by atoms with Crippen LogP contribution in [0.1, 0.15) is 35.7 Å². The average molecular weight is 387 g/mol. The van der Waals surface area contributed by atoms with Crippen LogP contribution in [0.3, 0.4) is 0 Å². The van der Waals surface area contributed by atoms with Gasteiger partial charge < -0.3 is 15.2 Å². The number of thioether (sulfide) groups is 1. The number of carbonyl (C=O) groups is 3. The smallest absolute Gasteiger partial charge is 0.335 e. The van der Waals surface area contributed by atoms with Crippen LogP contribution in [0.15, 0.2) is 48.5 Å². The first kappa shape index (κ1) is 20.5. The second-order valence-electron chi connectivity index (χ2n) is 5.97. The number of rotatable bonds is 7. The zero-order chi connectivity index (χ0) is 20.0.